The second-order valence-electron chi connectivity index (χ2n) is 8.24. The van der Waals surface area contributed by atoms with Crippen LogP contribution in [0.3, 0.4) is 0 Å². The molecule has 12 heteroatoms. The van der Waals surface area contributed by atoms with Gasteiger partial charge >= 0.3 is 11.9 Å². The topological polar surface area (TPSA) is 158 Å². The minimum atomic E-state index is -1.82. The summed E-state index contributed by atoms with van der Waals surface area (Å²) in [6, 6.07) is 11.9. The smallest absolute Gasteiger partial charge is 0.414 e. The van der Waals surface area contributed by atoms with E-state index in [0.29, 0.717) is 13.6 Å². The van der Waals surface area contributed by atoms with Gasteiger partial charge in [-0.15, -0.1) is 0 Å². The highest BCUT2D eigenvalue weighted by Gasteiger charge is 2.16. The number of likely N-dealkylation sites (N-methyl/N-ethyl adjacent to an activating group) is 2. The van der Waals surface area contributed by atoms with Crippen LogP contribution in [0.5, 0.6) is 23.0 Å². The van der Waals surface area contributed by atoms with Crippen LogP contribution in [-0.4, -0.2) is 82.5 Å². The van der Waals surface area contributed by atoms with Crippen molar-refractivity contribution in [3.63, 3.8) is 0 Å². The Morgan fingerprint density at radius 3 is 1.36 bits per heavy atom. The predicted molar refractivity (Wildman–Crippen MR) is 126 cm³/mol. The number of nitrogens with zero attached hydrogens (tertiary/aromatic N) is 2. The highest BCUT2D eigenvalue weighted by atomic mass is 16.7. The highest BCUT2D eigenvalue weighted by molar-refractivity contribution is 6.27. The summed E-state index contributed by atoms with van der Waals surface area (Å²) in [7, 11) is 3.30. The van der Waals surface area contributed by atoms with Gasteiger partial charge in [0.05, 0.1) is 0 Å². The molecule has 2 atom stereocenters. The molecular weight excluding hydrogens is 476 g/mol. The Labute approximate surface area is 208 Å². The van der Waals surface area contributed by atoms with Crippen molar-refractivity contribution in [2.24, 2.45) is 0 Å². The molecule has 0 saturated carbocycles. The van der Waals surface area contributed by atoms with E-state index < -0.39 is 11.9 Å². The monoisotopic (exact) mass is 508 g/mol. The number of carboxylic acids is 2. The lowest BCUT2D eigenvalue weighted by molar-refractivity contribution is -0.159. The van der Waals surface area contributed by atoms with E-state index in [-0.39, 0.29) is 12.1 Å². The van der Waals surface area contributed by atoms with E-state index in [9.17, 15) is 10.4 Å². The SMILES string of the molecule is CC(Cc1ccc2c(c1)OCO2)N(C)O.CC(Cc1ccc2c(c1)OCO2)N(C)O.O=C(O)C(=O)O. The van der Waals surface area contributed by atoms with Crippen molar-refractivity contribution in [2.45, 2.75) is 38.8 Å². The third-order valence-corrected chi connectivity index (χ3v) is 5.39. The van der Waals surface area contributed by atoms with Crippen molar-refractivity contribution >= 4 is 11.9 Å². The van der Waals surface area contributed by atoms with E-state index in [1.165, 1.54) is 10.1 Å². The van der Waals surface area contributed by atoms with Crippen molar-refractivity contribution in [3.8, 4) is 23.0 Å². The first-order valence-corrected chi connectivity index (χ1v) is 11.0. The number of hydrogen-bond acceptors (Lipinski definition) is 10. The lowest BCUT2D eigenvalue weighted by Crippen LogP contribution is -2.27. The number of fused-ring (bicyclic) bond motifs is 2. The number of hydroxylamine groups is 4. The number of rotatable bonds is 6. The molecule has 4 rings (SSSR count). The van der Waals surface area contributed by atoms with Crippen LogP contribution in [-0.2, 0) is 22.4 Å². The molecule has 0 fully saturated rings. The van der Waals surface area contributed by atoms with Crippen LogP contribution in [0.25, 0.3) is 0 Å². The highest BCUT2D eigenvalue weighted by Crippen LogP contribution is 2.33. The van der Waals surface area contributed by atoms with E-state index in [4.69, 9.17) is 38.7 Å². The molecule has 0 aromatic heterocycles. The number of hydrogen-bond donors (Lipinski definition) is 4. The number of carbonyl (C=O) groups is 2. The number of benzene rings is 2. The molecule has 0 radical (unpaired) electrons. The van der Waals surface area contributed by atoms with Crippen LogP contribution in [0.2, 0.25) is 0 Å². The number of carboxylic acid groups (broad SMARTS) is 2. The maximum atomic E-state index is 9.25. The molecule has 2 aliphatic heterocycles. The Hall–Kier alpha value is -3.58. The molecule has 2 heterocycles. The van der Waals surface area contributed by atoms with Gasteiger partial charge < -0.3 is 39.6 Å². The maximum absolute atomic E-state index is 9.25. The third kappa shape index (κ3) is 8.89. The first-order valence-electron chi connectivity index (χ1n) is 11.0. The molecular formula is C24H32N2O10. The van der Waals surface area contributed by atoms with Crippen molar-refractivity contribution < 1.29 is 49.2 Å². The Morgan fingerprint density at radius 2 is 1.06 bits per heavy atom. The minimum Gasteiger partial charge on any atom is -0.473 e. The molecule has 2 unspecified atom stereocenters. The molecule has 0 saturated heterocycles. The molecule has 0 aliphatic carbocycles. The second kappa shape index (κ2) is 13.5. The van der Waals surface area contributed by atoms with Crippen LogP contribution >= 0.6 is 0 Å². The zero-order valence-electron chi connectivity index (χ0n) is 20.6. The summed E-state index contributed by atoms with van der Waals surface area (Å²) in [5, 5.41) is 35.7. The lowest BCUT2D eigenvalue weighted by Gasteiger charge is -2.17. The van der Waals surface area contributed by atoms with Gasteiger partial charge in [0.1, 0.15) is 0 Å². The van der Waals surface area contributed by atoms with Gasteiger partial charge in [-0.3, -0.25) is 0 Å². The van der Waals surface area contributed by atoms with Gasteiger partial charge in [0, 0.05) is 26.2 Å². The maximum Gasteiger partial charge on any atom is 0.414 e. The molecule has 12 nitrogen and oxygen atoms in total. The average Bonchev–Trinajstić information content (AvgIpc) is 3.48. The summed E-state index contributed by atoms with van der Waals surface area (Å²) < 4.78 is 21.0. The van der Waals surface area contributed by atoms with Crippen LogP contribution in [0.1, 0.15) is 25.0 Å². The first kappa shape index (κ1) is 28.7. The van der Waals surface area contributed by atoms with Crippen LogP contribution in [0.15, 0.2) is 36.4 Å². The van der Waals surface area contributed by atoms with Gasteiger partial charge in [0.25, 0.3) is 0 Å². The van der Waals surface area contributed by atoms with Gasteiger partial charge in [-0.2, -0.15) is 10.1 Å². The summed E-state index contributed by atoms with van der Waals surface area (Å²) in [5.74, 6) is -0.474. The largest absolute Gasteiger partial charge is 0.473 e. The zero-order valence-corrected chi connectivity index (χ0v) is 20.6. The number of ether oxygens (including phenoxy) is 4. The fourth-order valence-electron chi connectivity index (χ4n) is 3.08. The molecule has 2 aliphatic rings. The van der Waals surface area contributed by atoms with Crippen molar-refractivity contribution in [1.82, 2.24) is 10.1 Å². The summed E-state index contributed by atoms with van der Waals surface area (Å²) in [6.45, 7) is 4.53. The van der Waals surface area contributed by atoms with Gasteiger partial charge in [0.2, 0.25) is 13.6 Å². The van der Waals surface area contributed by atoms with Gasteiger partial charge in [-0.25, -0.2) is 9.59 Å². The van der Waals surface area contributed by atoms with E-state index in [2.05, 4.69) is 0 Å². The molecule has 36 heavy (non-hydrogen) atoms. The summed E-state index contributed by atoms with van der Waals surface area (Å²) in [5.41, 5.74) is 2.26. The first-order chi connectivity index (χ1) is 17.0. The standard InChI is InChI=1S/2C11H15NO3.C2H2O4/c2*1-8(12(2)13)5-9-3-4-10-11(6-9)15-7-14-10;3-1(4)2(5)6/h2*3-4,6,8,13H,5,7H2,1-2H3;(H,3,4)(H,5,6). The zero-order chi connectivity index (χ0) is 26.8. The van der Waals surface area contributed by atoms with Gasteiger partial charge in [0.15, 0.2) is 23.0 Å². The van der Waals surface area contributed by atoms with Gasteiger partial charge in [-0.1, -0.05) is 12.1 Å². The van der Waals surface area contributed by atoms with E-state index in [1.54, 1.807) is 14.1 Å². The third-order valence-electron chi connectivity index (χ3n) is 5.39. The Balaban J connectivity index is 0.000000208. The molecule has 4 N–H and O–H groups in total. The molecule has 0 spiro atoms. The second-order valence-corrected chi connectivity index (χ2v) is 8.24. The predicted octanol–water partition coefficient (Wildman–Crippen LogP) is 2.49. The van der Waals surface area contributed by atoms with Crippen molar-refractivity contribution in [1.29, 1.82) is 0 Å². The fourth-order valence-corrected chi connectivity index (χ4v) is 3.08. The molecule has 0 amide bonds. The minimum absolute atomic E-state index is 0.0883. The molecule has 198 valence electrons. The molecule has 2 aromatic carbocycles. The van der Waals surface area contributed by atoms with Crippen molar-refractivity contribution in [3.05, 3.63) is 47.5 Å². The quantitative estimate of drug-likeness (QED) is 0.334. The normalized spacial score (nSPS) is 14.3. The average molecular weight is 509 g/mol. The Kier molecular flexibility index (Phi) is 10.7. The summed E-state index contributed by atoms with van der Waals surface area (Å²) >= 11 is 0. The lowest BCUT2D eigenvalue weighted by atomic mass is 10.1. The Morgan fingerprint density at radius 1 is 0.722 bits per heavy atom. The van der Waals surface area contributed by atoms with Crippen molar-refractivity contribution in [2.75, 3.05) is 27.7 Å². The van der Waals surface area contributed by atoms with Crippen LogP contribution < -0.4 is 18.9 Å². The van der Waals surface area contributed by atoms with E-state index >= 15 is 0 Å². The van der Waals surface area contributed by atoms with Crippen LogP contribution in [0.4, 0.5) is 0 Å². The molecule has 2 aromatic rings. The van der Waals surface area contributed by atoms with Gasteiger partial charge in [-0.05, 0) is 62.1 Å². The summed E-state index contributed by atoms with van der Waals surface area (Å²) in [4.78, 5) is 18.2. The summed E-state index contributed by atoms with van der Waals surface area (Å²) in [6.07, 6.45) is 1.56. The van der Waals surface area contributed by atoms with Crippen LogP contribution in [0, 0.1) is 0 Å². The van der Waals surface area contributed by atoms with E-state index in [1.807, 2.05) is 50.2 Å². The fraction of sp³-hybridized carbons (Fsp3) is 0.417. The van der Waals surface area contributed by atoms with E-state index in [0.717, 1.165) is 47.0 Å². The molecule has 0 bridgehead atoms. The number of aliphatic carboxylic acids is 2. The Bertz CT molecular complexity index is 946.